The molecule has 0 fully saturated rings. The van der Waals surface area contributed by atoms with E-state index in [-0.39, 0.29) is 31.6 Å². The van der Waals surface area contributed by atoms with E-state index in [2.05, 4.69) is 20.9 Å². The largest absolute Gasteiger partial charge is 0.481 e. The Hall–Kier alpha value is -4.46. The number of nitrogens with one attached hydrogen (secondary N) is 4. The third kappa shape index (κ3) is 9.69. The summed E-state index contributed by atoms with van der Waals surface area (Å²) in [7, 11) is 0. The number of hydrogen-bond acceptors (Lipinski definition) is 7. The van der Waals surface area contributed by atoms with Crippen LogP contribution in [0.4, 0.5) is 0 Å². The van der Waals surface area contributed by atoms with Crippen LogP contribution in [0.25, 0.3) is 10.9 Å². The first-order chi connectivity index (χ1) is 18.8. The lowest BCUT2D eigenvalue weighted by molar-refractivity contribution is -0.143. The van der Waals surface area contributed by atoms with Crippen LogP contribution in [0.5, 0.6) is 0 Å². The summed E-state index contributed by atoms with van der Waals surface area (Å²) in [5, 5.41) is 27.0. The maximum absolute atomic E-state index is 13.1. The van der Waals surface area contributed by atoms with Gasteiger partial charge in [-0.15, -0.1) is 0 Å². The Morgan fingerprint density at radius 3 is 2.10 bits per heavy atom. The van der Waals surface area contributed by atoms with Crippen LogP contribution in [0.3, 0.4) is 0 Å². The van der Waals surface area contributed by atoms with E-state index < -0.39 is 66.2 Å². The number of rotatable bonds is 16. The van der Waals surface area contributed by atoms with Crippen LogP contribution in [-0.4, -0.2) is 74.9 Å². The molecule has 10 N–H and O–H groups in total. The van der Waals surface area contributed by atoms with Gasteiger partial charge in [-0.1, -0.05) is 32.0 Å². The summed E-state index contributed by atoms with van der Waals surface area (Å²) in [6.07, 6.45) is 0.621. The van der Waals surface area contributed by atoms with Gasteiger partial charge in [0, 0.05) is 29.9 Å². The van der Waals surface area contributed by atoms with Crippen molar-refractivity contribution in [3.8, 4) is 0 Å². The van der Waals surface area contributed by atoms with Crippen LogP contribution in [0.15, 0.2) is 30.5 Å². The van der Waals surface area contributed by atoms with Crippen LogP contribution in [-0.2, 0) is 35.2 Å². The Morgan fingerprint density at radius 1 is 0.900 bits per heavy atom. The second-order valence-electron chi connectivity index (χ2n) is 9.92. The number of aromatic nitrogens is 1. The molecule has 1 aromatic heterocycles. The molecule has 4 amide bonds. The highest BCUT2D eigenvalue weighted by Crippen LogP contribution is 2.19. The minimum absolute atomic E-state index is 0.0474. The highest BCUT2D eigenvalue weighted by molar-refractivity contribution is 5.96. The maximum Gasteiger partial charge on any atom is 0.326 e. The second kappa shape index (κ2) is 14.6. The van der Waals surface area contributed by atoms with Gasteiger partial charge in [0.05, 0.1) is 12.5 Å². The Balaban J connectivity index is 2.17. The third-order valence-electron chi connectivity index (χ3n) is 6.10. The number of amides is 4. The molecule has 0 spiro atoms. The number of aromatic amines is 1. The van der Waals surface area contributed by atoms with Crippen molar-refractivity contribution < 1.29 is 39.0 Å². The summed E-state index contributed by atoms with van der Waals surface area (Å²) in [4.78, 5) is 76.1. The average Bonchev–Trinajstić information content (AvgIpc) is 3.28. The molecule has 4 unspecified atom stereocenters. The van der Waals surface area contributed by atoms with Crippen LogP contribution >= 0.6 is 0 Å². The van der Waals surface area contributed by atoms with Crippen LogP contribution in [0.1, 0.15) is 45.1 Å². The molecule has 2 rings (SSSR count). The van der Waals surface area contributed by atoms with E-state index in [1.54, 1.807) is 32.2 Å². The summed E-state index contributed by atoms with van der Waals surface area (Å²) in [6.45, 7) is 3.56. The lowest BCUT2D eigenvalue weighted by Gasteiger charge is -2.25. The summed E-state index contributed by atoms with van der Waals surface area (Å²) in [5.74, 6) is -6.12. The zero-order valence-corrected chi connectivity index (χ0v) is 22.3. The summed E-state index contributed by atoms with van der Waals surface area (Å²) >= 11 is 0. The number of hydrogen-bond donors (Lipinski definition) is 8. The molecule has 0 aliphatic rings. The Bertz CT molecular complexity index is 1240. The first kappa shape index (κ1) is 31.8. The first-order valence-electron chi connectivity index (χ1n) is 12.7. The second-order valence-corrected chi connectivity index (χ2v) is 9.92. The molecule has 1 aromatic carbocycles. The zero-order chi connectivity index (χ0) is 30.0. The van der Waals surface area contributed by atoms with Gasteiger partial charge in [0.1, 0.15) is 18.1 Å². The van der Waals surface area contributed by atoms with Crippen molar-refractivity contribution in [2.75, 3.05) is 0 Å². The average molecular weight is 561 g/mol. The summed E-state index contributed by atoms with van der Waals surface area (Å²) < 4.78 is 0. The van der Waals surface area contributed by atoms with E-state index in [1.807, 2.05) is 12.1 Å². The highest BCUT2D eigenvalue weighted by Gasteiger charge is 2.32. The van der Waals surface area contributed by atoms with E-state index in [4.69, 9.17) is 11.5 Å². The van der Waals surface area contributed by atoms with Crippen LogP contribution < -0.4 is 27.4 Å². The third-order valence-corrected chi connectivity index (χ3v) is 6.10. The molecular formula is C26H36N6O8. The molecule has 14 nitrogen and oxygen atoms in total. The van der Waals surface area contributed by atoms with Crippen LogP contribution in [0, 0.1) is 5.92 Å². The molecule has 4 atom stereocenters. The van der Waals surface area contributed by atoms with Crippen LogP contribution in [0.2, 0.25) is 0 Å². The number of benzene rings is 1. The van der Waals surface area contributed by atoms with Gasteiger partial charge < -0.3 is 42.6 Å². The standard InChI is InChI=1S/C26H36N6O8/c1-13(2)9-18(30-23(36)16(27)7-8-21(28)33)24(37)31-19(11-22(34)35)25(38)32-20(26(39)40)10-14-12-29-17-6-4-3-5-15(14)17/h3-6,12-13,16,18-20,29H,7-11,27H2,1-2H3,(H2,28,33)(H,30,36)(H,31,37)(H,32,38)(H,34,35)(H,39,40). The Kier molecular flexibility index (Phi) is 11.6. The monoisotopic (exact) mass is 560 g/mol. The molecule has 1 heterocycles. The summed E-state index contributed by atoms with van der Waals surface area (Å²) in [5.41, 5.74) is 12.3. The molecule has 0 aliphatic carbocycles. The fraction of sp³-hybridized carbons (Fsp3) is 0.462. The van der Waals surface area contributed by atoms with Gasteiger partial charge >= 0.3 is 11.9 Å². The number of carbonyl (C=O) groups is 6. The first-order valence-corrected chi connectivity index (χ1v) is 12.7. The van der Waals surface area contributed by atoms with Gasteiger partial charge in [0.25, 0.3) is 0 Å². The Labute approximate surface area is 230 Å². The fourth-order valence-electron chi connectivity index (χ4n) is 4.06. The van der Waals surface area contributed by atoms with E-state index in [0.29, 0.717) is 5.56 Å². The van der Waals surface area contributed by atoms with Crippen molar-refractivity contribution in [3.05, 3.63) is 36.0 Å². The molecule has 0 bridgehead atoms. The normalized spacial score (nSPS) is 14.1. The number of nitrogens with two attached hydrogens (primary N) is 2. The molecule has 40 heavy (non-hydrogen) atoms. The lowest BCUT2D eigenvalue weighted by atomic mass is 10.0. The van der Waals surface area contributed by atoms with Gasteiger partial charge in [-0.05, 0) is 30.4 Å². The van der Waals surface area contributed by atoms with Crippen molar-refractivity contribution in [3.63, 3.8) is 0 Å². The number of aliphatic carboxylic acids is 2. The minimum Gasteiger partial charge on any atom is -0.481 e. The summed E-state index contributed by atoms with van der Waals surface area (Å²) in [6, 6.07) is 1.82. The fourth-order valence-corrected chi connectivity index (χ4v) is 4.06. The molecule has 0 saturated carbocycles. The lowest BCUT2D eigenvalue weighted by Crippen LogP contribution is -2.58. The van der Waals surface area contributed by atoms with Gasteiger partial charge in [0.15, 0.2) is 0 Å². The Morgan fingerprint density at radius 2 is 1.50 bits per heavy atom. The van der Waals surface area contributed by atoms with Gasteiger partial charge in [0.2, 0.25) is 23.6 Å². The number of fused-ring (bicyclic) bond motifs is 1. The zero-order valence-electron chi connectivity index (χ0n) is 22.3. The number of carboxylic acids is 2. The number of para-hydroxylation sites is 1. The van der Waals surface area contributed by atoms with Gasteiger partial charge in [-0.3, -0.25) is 24.0 Å². The maximum atomic E-state index is 13.1. The van der Waals surface area contributed by atoms with E-state index in [9.17, 15) is 39.0 Å². The molecule has 14 heteroatoms. The highest BCUT2D eigenvalue weighted by atomic mass is 16.4. The molecule has 0 aliphatic heterocycles. The quantitative estimate of drug-likeness (QED) is 0.130. The van der Waals surface area contributed by atoms with Gasteiger partial charge in [-0.25, -0.2) is 4.79 Å². The topological polar surface area (TPSA) is 247 Å². The minimum atomic E-state index is -1.63. The van der Waals surface area contributed by atoms with Crippen molar-refractivity contribution in [2.45, 2.75) is 70.1 Å². The smallest absolute Gasteiger partial charge is 0.326 e. The van der Waals surface area contributed by atoms with E-state index in [1.165, 1.54) is 0 Å². The SMILES string of the molecule is CC(C)CC(NC(=O)C(N)CCC(N)=O)C(=O)NC(CC(=O)O)C(=O)NC(Cc1c[nH]c2ccccc12)C(=O)O. The van der Waals surface area contributed by atoms with Crippen molar-refractivity contribution in [1.29, 1.82) is 0 Å². The predicted octanol–water partition coefficient (Wildman–Crippen LogP) is -0.637. The number of carboxylic acid groups (broad SMARTS) is 2. The van der Waals surface area contributed by atoms with E-state index in [0.717, 1.165) is 10.9 Å². The van der Waals surface area contributed by atoms with Crippen molar-refractivity contribution in [1.82, 2.24) is 20.9 Å². The molecule has 0 saturated heterocycles. The van der Waals surface area contributed by atoms with Crippen molar-refractivity contribution >= 4 is 46.5 Å². The number of carbonyl (C=O) groups excluding carboxylic acids is 4. The number of primary amides is 1. The number of H-pyrrole nitrogens is 1. The molecule has 218 valence electrons. The predicted molar refractivity (Wildman–Crippen MR) is 144 cm³/mol. The molecule has 2 aromatic rings. The van der Waals surface area contributed by atoms with Crippen molar-refractivity contribution in [2.24, 2.45) is 17.4 Å². The molecule has 0 radical (unpaired) electrons. The molecular weight excluding hydrogens is 524 g/mol. The van der Waals surface area contributed by atoms with Gasteiger partial charge in [-0.2, -0.15) is 0 Å². The van der Waals surface area contributed by atoms with E-state index >= 15 is 0 Å².